The molecule has 3 nitrogen and oxygen atoms in total. The Balaban J connectivity index is 2.06. The van der Waals surface area contributed by atoms with E-state index in [1.165, 1.54) is 0 Å². The van der Waals surface area contributed by atoms with Crippen LogP contribution in [0.15, 0.2) is 21.9 Å². The number of hydrogen-bond donors (Lipinski definition) is 1. The van der Waals surface area contributed by atoms with Crippen molar-refractivity contribution in [1.29, 1.82) is 0 Å². The molecule has 18 heavy (non-hydrogen) atoms. The largest absolute Gasteiger partial charge is 0.440 e. The molecular formula is C13H17NO2S2. The van der Waals surface area contributed by atoms with Gasteiger partial charge in [0, 0.05) is 11.0 Å². The highest BCUT2D eigenvalue weighted by molar-refractivity contribution is 7.99. The number of aliphatic hydroxyl groups is 1. The molecule has 2 aromatic rings. The maximum atomic E-state index is 9.46. The van der Waals surface area contributed by atoms with Crippen molar-refractivity contribution in [1.82, 2.24) is 4.98 Å². The number of rotatable bonds is 5. The van der Waals surface area contributed by atoms with Crippen LogP contribution in [0.4, 0.5) is 0 Å². The molecule has 98 valence electrons. The van der Waals surface area contributed by atoms with Gasteiger partial charge in [-0.25, -0.2) is 4.98 Å². The molecule has 2 unspecified atom stereocenters. The van der Waals surface area contributed by atoms with Gasteiger partial charge in [0.25, 0.3) is 0 Å². The quantitative estimate of drug-likeness (QED) is 0.908. The molecular weight excluding hydrogens is 266 g/mol. The van der Waals surface area contributed by atoms with Crippen molar-refractivity contribution in [3.8, 4) is 10.8 Å². The summed E-state index contributed by atoms with van der Waals surface area (Å²) in [6.07, 6.45) is -0.307. The minimum absolute atomic E-state index is 0.200. The second-order valence-corrected chi connectivity index (χ2v) is 6.57. The van der Waals surface area contributed by atoms with E-state index < -0.39 is 0 Å². The fourth-order valence-electron chi connectivity index (χ4n) is 1.42. The van der Waals surface area contributed by atoms with Crippen molar-refractivity contribution >= 4 is 23.1 Å². The fraction of sp³-hybridized carbons (Fsp3) is 0.462. The van der Waals surface area contributed by atoms with Crippen molar-refractivity contribution in [3.63, 3.8) is 0 Å². The Hall–Kier alpha value is -0.780. The van der Waals surface area contributed by atoms with Crippen LogP contribution in [-0.4, -0.2) is 21.4 Å². The Kier molecular flexibility index (Phi) is 4.48. The van der Waals surface area contributed by atoms with Gasteiger partial charge in [0.05, 0.1) is 16.7 Å². The predicted molar refractivity (Wildman–Crippen MR) is 77.0 cm³/mol. The summed E-state index contributed by atoms with van der Waals surface area (Å²) in [5, 5.41) is 11.7. The van der Waals surface area contributed by atoms with Gasteiger partial charge in [-0.1, -0.05) is 13.0 Å². The van der Waals surface area contributed by atoms with Crippen LogP contribution in [0.2, 0.25) is 0 Å². The van der Waals surface area contributed by atoms with Gasteiger partial charge in [-0.3, -0.25) is 0 Å². The van der Waals surface area contributed by atoms with Crippen molar-refractivity contribution in [2.24, 2.45) is 0 Å². The highest BCUT2D eigenvalue weighted by Gasteiger charge is 2.15. The lowest BCUT2D eigenvalue weighted by Gasteiger charge is -2.12. The Morgan fingerprint density at radius 3 is 2.89 bits per heavy atom. The third kappa shape index (κ3) is 3.16. The molecule has 0 saturated heterocycles. The predicted octanol–water partition coefficient (Wildman–Crippen LogP) is 3.71. The van der Waals surface area contributed by atoms with E-state index in [1.54, 1.807) is 23.1 Å². The number of thiophene rings is 1. The number of hydrogen-bond acceptors (Lipinski definition) is 5. The molecule has 0 radical (unpaired) electrons. The van der Waals surface area contributed by atoms with Crippen molar-refractivity contribution in [2.75, 3.05) is 0 Å². The van der Waals surface area contributed by atoms with Gasteiger partial charge in [-0.2, -0.15) is 0 Å². The maximum absolute atomic E-state index is 9.46. The lowest BCUT2D eigenvalue weighted by molar-refractivity contribution is 0.196. The van der Waals surface area contributed by atoms with Crippen LogP contribution in [0, 0.1) is 6.92 Å². The lowest BCUT2D eigenvalue weighted by atomic mass is 10.3. The zero-order valence-corrected chi connectivity index (χ0v) is 12.3. The van der Waals surface area contributed by atoms with E-state index in [0.29, 0.717) is 5.89 Å². The van der Waals surface area contributed by atoms with Gasteiger partial charge in [-0.05, 0) is 25.3 Å². The molecule has 2 rings (SSSR count). The van der Waals surface area contributed by atoms with Crippen molar-refractivity contribution < 1.29 is 9.52 Å². The highest BCUT2D eigenvalue weighted by atomic mass is 32.2. The number of aliphatic hydroxyl groups excluding tert-OH is 1. The van der Waals surface area contributed by atoms with E-state index in [9.17, 15) is 5.11 Å². The first kappa shape index (κ1) is 13.6. The van der Waals surface area contributed by atoms with E-state index in [2.05, 4.69) is 4.98 Å². The van der Waals surface area contributed by atoms with Gasteiger partial charge in [0.2, 0.25) is 5.89 Å². The fourth-order valence-corrected chi connectivity index (χ4v) is 3.03. The summed E-state index contributed by atoms with van der Waals surface area (Å²) in [6, 6.07) is 3.99. The zero-order chi connectivity index (χ0) is 13.1. The lowest BCUT2D eigenvalue weighted by Crippen LogP contribution is -2.15. The summed E-state index contributed by atoms with van der Waals surface area (Å²) in [5.41, 5.74) is 0.968. The third-order valence-electron chi connectivity index (χ3n) is 2.79. The molecule has 2 heterocycles. The van der Waals surface area contributed by atoms with Crippen LogP contribution in [-0.2, 0) is 5.75 Å². The number of aromatic nitrogens is 1. The van der Waals surface area contributed by atoms with E-state index in [1.807, 2.05) is 38.3 Å². The number of thioether (sulfide) groups is 1. The van der Waals surface area contributed by atoms with E-state index in [4.69, 9.17) is 4.42 Å². The van der Waals surface area contributed by atoms with Crippen LogP contribution in [0.5, 0.6) is 0 Å². The van der Waals surface area contributed by atoms with Gasteiger partial charge in [0.1, 0.15) is 5.76 Å². The second-order valence-electron chi connectivity index (χ2n) is 4.26. The molecule has 2 atom stereocenters. The van der Waals surface area contributed by atoms with Crippen LogP contribution in [0.1, 0.15) is 25.3 Å². The highest BCUT2D eigenvalue weighted by Crippen LogP contribution is 2.28. The van der Waals surface area contributed by atoms with Crippen LogP contribution in [0.3, 0.4) is 0 Å². The first-order chi connectivity index (χ1) is 8.58. The summed E-state index contributed by atoms with van der Waals surface area (Å²) in [7, 11) is 0. The molecule has 0 aliphatic carbocycles. The number of aryl methyl sites for hydroxylation is 1. The molecule has 0 aliphatic heterocycles. The Morgan fingerprint density at radius 2 is 2.28 bits per heavy atom. The second kappa shape index (κ2) is 5.91. The minimum atomic E-state index is -0.307. The summed E-state index contributed by atoms with van der Waals surface area (Å²) < 4.78 is 5.68. The first-order valence-electron chi connectivity index (χ1n) is 5.87. The van der Waals surface area contributed by atoms with Crippen LogP contribution < -0.4 is 0 Å². The van der Waals surface area contributed by atoms with Gasteiger partial charge in [0.15, 0.2) is 0 Å². The average Bonchev–Trinajstić information content (AvgIpc) is 2.94. The molecule has 0 bridgehead atoms. The number of nitrogens with zero attached hydrogens (tertiary/aromatic N) is 1. The molecule has 5 heteroatoms. The molecule has 0 amide bonds. The van der Waals surface area contributed by atoms with Crippen molar-refractivity contribution in [2.45, 2.75) is 37.9 Å². The monoisotopic (exact) mass is 283 g/mol. The normalized spacial score (nSPS) is 14.7. The van der Waals surface area contributed by atoms with Crippen LogP contribution >= 0.6 is 23.1 Å². The van der Waals surface area contributed by atoms with Gasteiger partial charge < -0.3 is 9.52 Å². The molecule has 0 fully saturated rings. The van der Waals surface area contributed by atoms with Gasteiger partial charge >= 0.3 is 0 Å². The third-order valence-corrected chi connectivity index (χ3v) is 5.00. The van der Waals surface area contributed by atoms with Gasteiger partial charge in [-0.15, -0.1) is 23.1 Å². The topological polar surface area (TPSA) is 46.3 Å². The van der Waals surface area contributed by atoms with Crippen molar-refractivity contribution in [3.05, 3.63) is 29.0 Å². The SMILES string of the molecule is Cc1oc(-c2cccs2)nc1CSC(C)C(C)O. The Bertz CT molecular complexity index is 491. The maximum Gasteiger partial charge on any atom is 0.236 e. The average molecular weight is 283 g/mol. The molecule has 1 N–H and O–H groups in total. The molecule has 2 aromatic heterocycles. The molecule has 0 aromatic carbocycles. The molecule has 0 saturated carbocycles. The van der Waals surface area contributed by atoms with E-state index in [0.717, 1.165) is 22.1 Å². The molecule has 0 spiro atoms. The summed E-state index contributed by atoms with van der Waals surface area (Å²) >= 11 is 3.32. The smallest absolute Gasteiger partial charge is 0.236 e. The Morgan fingerprint density at radius 1 is 1.50 bits per heavy atom. The zero-order valence-electron chi connectivity index (χ0n) is 10.7. The van der Waals surface area contributed by atoms with E-state index in [-0.39, 0.29) is 11.4 Å². The minimum Gasteiger partial charge on any atom is -0.440 e. The summed E-state index contributed by atoms with van der Waals surface area (Å²) in [5.74, 6) is 2.33. The molecule has 0 aliphatic rings. The van der Waals surface area contributed by atoms with Crippen LogP contribution in [0.25, 0.3) is 10.8 Å². The number of oxazole rings is 1. The first-order valence-corrected chi connectivity index (χ1v) is 7.80. The Labute approximate surface area is 115 Å². The standard InChI is InChI=1S/C13H17NO2S2/c1-8(15)10(3)18-7-11-9(2)16-13(14-11)12-5-4-6-17-12/h4-6,8,10,15H,7H2,1-3H3. The van der Waals surface area contributed by atoms with E-state index >= 15 is 0 Å². The summed E-state index contributed by atoms with van der Waals surface area (Å²) in [4.78, 5) is 5.58. The summed E-state index contributed by atoms with van der Waals surface area (Å²) in [6.45, 7) is 5.77.